The molecule has 4 rings (SSSR count). The average Bonchev–Trinajstić information content (AvgIpc) is 3.22. The van der Waals surface area contributed by atoms with Gasteiger partial charge in [-0.3, -0.25) is 10.00 Å². The van der Waals surface area contributed by atoms with Gasteiger partial charge in [0.05, 0.1) is 6.20 Å². The quantitative estimate of drug-likeness (QED) is 0.940. The molecule has 0 aliphatic carbocycles. The van der Waals surface area contributed by atoms with E-state index < -0.39 is 0 Å². The van der Waals surface area contributed by atoms with Crippen molar-refractivity contribution in [3.05, 3.63) is 53.3 Å². The zero-order valence-electron chi connectivity index (χ0n) is 13.0. The number of fused-ring (bicyclic) bond motifs is 1. The van der Waals surface area contributed by atoms with Crippen LogP contribution in [0.1, 0.15) is 29.2 Å². The molecule has 1 aromatic carbocycles. The van der Waals surface area contributed by atoms with Gasteiger partial charge in [0.25, 0.3) is 0 Å². The Kier molecular flexibility index (Phi) is 3.95. The maximum Gasteiger partial charge on any atom is 0.0535 e. The number of H-pyrrole nitrogens is 1. The van der Waals surface area contributed by atoms with Crippen molar-refractivity contribution >= 4 is 0 Å². The second kappa shape index (κ2) is 6.23. The summed E-state index contributed by atoms with van der Waals surface area (Å²) >= 11 is 0. The summed E-state index contributed by atoms with van der Waals surface area (Å²) in [5.74, 6) is 0.725. The molecule has 4 heteroatoms. The molecule has 1 aromatic heterocycles. The predicted octanol–water partition coefficient (Wildman–Crippen LogP) is 2.26. The van der Waals surface area contributed by atoms with Gasteiger partial charge in [-0.1, -0.05) is 30.3 Å². The van der Waals surface area contributed by atoms with Crippen molar-refractivity contribution in [2.45, 2.75) is 25.3 Å². The summed E-state index contributed by atoms with van der Waals surface area (Å²) in [5, 5.41) is 7.27. The van der Waals surface area contributed by atoms with Crippen molar-refractivity contribution < 1.29 is 0 Å². The average molecular weight is 296 g/mol. The molecule has 0 bridgehead atoms. The highest BCUT2D eigenvalue weighted by Gasteiger charge is 2.24. The van der Waals surface area contributed by atoms with Crippen molar-refractivity contribution in [2.75, 3.05) is 32.7 Å². The number of rotatable bonds is 4. The molecule has 2 aliphatic heterocycles. The Bertz CT molecular complexity index is 607. The van der Waals surface area contributed by atoms with Crippen molar-refractivity contribution in [3.63, 3.8) is 0 Å². The second-order valence-electron chi connectivity index (χ2n) is 6.60. The molecule has 1 atom stereocenters. The SMILES string of the molecule is c1ccc([C@@H]2CCN(CCN3CCc4[nH]ncc4C3)C2)cc1. The Morgan fingerprint density at radius 2 is 1.95 bits per heavy atom. The first kappa shape index (κ1) is 14.0. The van der Waals surface area contributed by atoms with Crippen LogP contribution in [0.3, 0.4) is 0 Å². The lowest BCUT2D eigenvalue weighted by Crippen LogP contribution is -2.37. The summed E-state index contributed by atoms with van der Waals surface area (Å²) in [6.45, 7) is 7.04. The molecule has 0 unspecified atom stereocenters. The number of likely N-dealkylation sites (tertiary alicyclic amines) is 1. The highest BCUT2D eigenvalue weighted by Crippen LogP contribution is 2.26. The molecule has 0 saturated carbocycles. The van der Waals surface area contributed by atoms with Gasteiger partial charge in [-0.2, -0.15) is 5.10 Å². The van der Waals surface area contributed by atoms with Crippen LogP contribution < -0.4 is 0 Å². The Hall–Kier alpha value is -1.65. The number of benzene rings is 1. The molecule has 2 aliphatic rings. The standard InChI is InChI=1S/C18H24N4/c1-2-4-15(5-3-1)16-6-8-21(13-16)10-11-22-9-7-18-17(14-22)12-19-20-18/h1-5,12,16H,6-11,13-14H2,(H,19,20)/t16-/m1/s1. The normalized spacial score (nSPS) is 22.8. The summed E-state index contributed by atoms with van der Waals surface area (Å²) < 4.78 is 0. The van der Waals surface area contributed by atoms with Gasteiger partial charge in [0.2, 0.25) is 0 Å². The van der Waals surface area contributed by atoms with Gasteiger partial charge in [0.15, 0.2) is 0 Å². The van der Waals surface area contributed by atoms with Gasteiger partial charge in [-0.05, 0) is 24.4 Å². The van der Waals surface area contributed by atoms with E-state index >= 15 is 0 Å². The van der Waals surface area contributed by atoms with E-state index in [2.05, 4.69) is 50.3 Å². The van der Waals surface area contributed by atoms with Gasteiger partial charge in [0.1, 0.15) is 0 Å². The van der Waals surface area contributed by atoms with Crippen LogP contribution >= 0.6 is 0 Å². The summed E-state index contributed by atoms with van der Waals surface area (Å²) in [5.41, 5.74) is 4.22. The van der Waals surface area contributed by atoms with E-state index in [4.69, 9.17) is 0 Å². The van der Waals surface area contributed by atoms with Crippen molar-refractivity contribution in [2.24, 2.45) is 0 Å². The molecule has 3 heterocycles. The third-order valence-electron chi connectivity index (χ3n) is 5.16. The van der Waals surface area contributed by atoms with Crippen LogP contribution in [0, 0.1) is 0 Å². The monoisotopic (exact) mass is 296 g/mol. The molecule has 2 aromatic rings. The topological polar surface area (TPSA) is 35.2 Å². The fourth-order valence-electron chi connectivity index (χ4n) is 3.79. The van der Waals surface area contributed by atoms with Crippen molar-refractivity contribution in [3.8, 4) is 0 Å². The van der Waals surface area contributed by atoms with Crippen molar-refractivity contribution in [1.82, 2.24) is 20.0 Å². The largest absolute Gasteiger partial charge is 0.301 e. The van der Waals surface area contributed by atoms with E-state index in [1.807, 2.05) is 6.20 Å². The van der Waals surface area contributed by atoms with E-state index in [1.54, 1.807) is 0 Å². The summed E-state index contributed by atoms with van der Waals surface area (Å²) in [6.07, 6.45) is 4.40. The first-order valence-corrected chi connectivity index (χ1v) is 8.39. The van der Waals surface area contributed by atoms with E-state index in [-0.39, 0.29) is 0 Å². The minimum absolute atomic E-state index is 0.725. The molecule has 1 saturated heterocycles. The summed E-state index contributed by atoms with van der Waals surface area (Å²) in [6, 6.07) is 11.0. The number of hydrogen-bond donors (Lipinski definition) is 1. The Morgan fingerprint density at radius 3 is 2.86 bits per heavy atom. The molecule has 4 nitrogen and oxygen atoms in total. The zero-order valence-corrected chi connectivity index (χ0v) is 13.0. The molecule has 0 spiro atoms. The molecule has 1 N–H and O–H groups in total. The van der Waals surface area contributed by atoms with Crippen LogP contribution in [0.5, 0.6) is 0 Å². The second-order valence-corrected chi connectivity index (χ2v) is 6.60. The van der Waals surface area contributed by atoms with Gasteiger partial charge in [-0.25, -0.2) is 0 Å². The van der Waals surface area contributed by atoms with Crippen molar-refractivity contribution in [1.29, 1.82) is 0 Å². The Balaban J connectivity index is 1.27. The van der Waals surface area contributed by atoms with Crippen LogP contribution in [0.4, 0.5) is 0 Å². The van der Waals surface area contributed by atoms with E-state index in [9.17, 15) is 0 Å². The number of hydrogen-bond acceptors (Lipinski definition) is 3. The maximum atomic E-state index is 4.16. The molecule has 22 heavy (non-hydrogen) atoms. The highest BCUT2D eigenvalue weighted by molar-refractivity contribution is 5.21. The lowest BCUT2D eigenvalue weighted by Gasteiger charge is -2.28. The smallest absolute Gasteiger partial charge is 0.0535 e. The highest BCUT2D eigenvalue weighted by atomic mass is 15.2. The van der Waals surface area contributed by atoms with E-state index in [1.165, 1.54) is 49.4 Å². The van der Waals surface area contributed by atoms with Crippen LogP contribution in [-0.4, -0.2) is 52.7 Å². The zero-order chi connectivity index (χ0) is 14.8. The van der Waals surface area contributed by atoms with E-state index in [0.29, 0.717) is 0 Å². The van der Waals surface area contributed by atoms with Crippen LogP contribution in [-0.2, 0) is 13.0 Å². The molecule has 0 radical (unpaired) electrons. The maximum absolute atomic E-state index is 4.16. The minimum atomic E-state index is 0.725. The van der Waals surface area contributed by atoms with Gasteiger partial charge < -0.3 is 4.90 Å². The summed E-state index contributed by atoms with van der Waals surface area (Å²) in [7, 11) is 0. The minimum Gasteiger partial charge on any atom is -0.301 e. The molecular formula is C18H24N4. The Labute approximate surface area is 132 Å². The molecule has 116 valence electrons. The summed E-state index contributed by atoms with van der Waals surface area (Å²) in [4.78, 5) is 5.19. The van der Waals surface area contributed by atoms with Crippen LogP contribution in [0.25, 0.3) is 0 Å². The number of aromatic nitrogens is 2. The van der Waals surface area contributed by atoms with Gasteiger partial charge in [0, 0.05) is 50.4 Å². The number of nitrogens with zero attached hydrogens (tertiary/aromatic N) is 3. The first-order chi connectivity index (χ1) is 10.9. The van der Waals surface area contributed by atoms with Crippen LogP contribution in [0.2, 0.25) is 0 Å². The fourth-order valence-corrected chi connectivity index (χ4v) is 3.79. The number of nitrogens with one attached hydrogen (secondary N) is 1. The van der Waals surface area contributed by atoms with Crippen LogP contribution in [0.15, 0.2) is 36.5 Å². The predicted molar refractivity (Wildman–Crippen MR) is 87.8 cm³/mol. The van der Waals surface area contributed by atoms with Gasteiger partial charge in [-0.15, -0.1) is 0 Å². The molecule has 0 amide bonds. The first-order valence-electron chi connectivity index (χ1n) is 8.39. The lowest BCUT2D eigenvalue weighted by atomic mass is 9.99. The Morgan fingerprint density at radius 1 is 1.09 bits per heavy atom. The molecule has 1 fully saturated rings. The van der Waals surface area contributed by atoms with Gasteiger partial charge >= 0.3 is 0 Å². The fraction of sp³-hybridized carbons (Fsp3) is 0.500. The number of aromatic amines is 1. The lowest BCUT2D eigenvalue weighted by molar-refractivity contribution is 0.210. The molecular weight excluding hydrogens is 272 g/mol. The third kappa shape index (κ3) is 2.94. The third-order valence-corrected chi connectivity index (χ3v) is 5.16. The van der Waals surface area contributed by atoms with E-state index in [0.717, 1.165) is 25.4 Å².